The third kappa shape index (κ3) is 2.35. The molecule has 0 bridgehead atoms. The smallest absolute Gasteiger partial charge is 0.0178 e. The van der Waals surface area contributed by atoms with Gasteiger partial charge in [-0.3, -0.25) is 0 Å². The van der Waals surface area contributed by atoms with Crippen molar-refractivity contribution < 1.29 is 0 Å². The maximum atomic E-state index is 5.50. The van der Waals surface area contributed by atoms with E-state index in [2.05, 4.69) is 37.6 Å². The van der Waals surface area contributed by atoms with E-state index in [0.29, 0.717) is 6.54 Å². The van der Waals surface area contributed by atoms with E-state index < -0.39 is 0 Å². The fourth-order valence-electron chi connectivity index (χ4n) is 1.12. The van der Waals surface area contributed by atoms with E-state index in [1.807, 2.05) is 0 Å². The Bertz CT molecular complexity index is 218. The SMILES string of the molecule is C[CH]Cc1cccc(CN)c1. The van der Waals surface area contributed by atoms with E-state index >= 15 is 0 Å². The maximum Gasteiger partial charge on any atom is 0.0178 e. The van der Waals surface area contributed by atoms with Gasteiger partial charge in [0.25, 0.3) is 0 Å². The molecule has 1 aromatic rings. The Kier molecular flexibility index (Phi) is 3.12. The molecule has 59 valence electrons. The Hall–Kier alpha value is -0.820. The van der Waals surface area contributed by atoms with Gasteiger partial charge in [-0.1, -0.05) is 31.2 Å². The molecular formula is C10H14N. The average molecular weight is 148 g/mol. The molecule has 0 amide bonds. The normalized spacial score (nSPS) is 10.0. The van der Waals surface area contributed by atoms with Crippen molar-refractivity contribution in [3.8, 4) is 0 Å². The second-order valence-electron chi connectivity index (χ2n) is 2.64. The fraction of sp³-hybridized carbons (Fsp3) is 0.300. The molecule has 1 nitrogen and oxygen atoms in total. The highest BCUT2D eigenvalue weighted by atomic mass is 14.5. The molecule has 1 aromatic carbocycles. The van der Waals surface area contributed by atoms with Crippen molar-refractivity contribution in [2.75, 3.05) is 0 Å². The summed E-state index contributed by atoms with van der Waals surface area (Å²) in [5, 5.41) is 0. The first kappa shape index (κ1) is 8.28. The van der Waals surface area contributed by atoms with Gasteiger partial charge in [-0.2, -0.15) is 0 Å². The maximum absolute atomic E-state index is 5.50. The molecule has 1 rings (SSSR count). The Morgan fingerprint density at radius 2 is 2.09 bits per heavy atom. The second-order valence-corrected chi connectivity index (χ2v) is 2.64. The predicted octanol–water partition coefficient (Wildman–Crippen LogP) is 1.91. The van der Waals surface area contributed by atoms with Gasteiger partial charge in [0, 0.05) is 6.54 Å². The molecule has 0 spiro atoms. The van der Waals surface area contributed by atoms with E-state index in [4.69, 9.17) is 5.73 Å². The monoisotopic (exact) mass is 148 g/mol. The summed E-state index contributed by atoms with van der Waals surface area (Å²) in [7, 11) is 0. The molecule has 2 N–H and O–H groups in total. The van der Waals surface area contributed by atoms with Crippen molar-refractivity contribution in [2.24, 2.45) is 5.73 Å². The fourth-order valence-corrected chi connectivity index (χ4v) is 1.12. The van der Waals surface area contributed by atoms with Crippen molar-refractivity contribution in [3.63, 3.8) is 0 Å². The van der Waals surface area contributed by atoms with Gasteiger partial charge in [0.2, 0.25) is 0 Å². The Balaban J connectivity index is 2.74. The van der Waals surface area contributed by atoms with Crippen molar-refractivity contribution in [2.45, 2.75) is 19.9 Å². The molecule has 0 saturated heterocycles. The van der Waals surface area contributed by atoms with Crippen LogP contribution in [0.5, 0.6) is 0 Å². The van der Waals surface area contributed by atoms with E-state index in [9.17, 15) is 0 Å². The van der Waals surface area contributed by atoms with Crippen molar-refractivity contribution >= 4 is 0 Å². The number of benzene rings is 1. The summed E-state index contributed by atoms with van der Waals surface area (Å²) in [6.07, 6.45) is 3.18. The lowest BCUT2D eigenvalue weighted by Crippen LogP contribution is -1.96. The molecule has 1 radical (unpaired) electrons. The summed E-state index contributed by atoms with van der Waals surface area (Å²) in [6.45, 7) is 2.70. The first-order chi connectivity index (χ1) is 5.36. The first-order valence-electron chi connectivity index (χ1n) is 3.92. The number of hydrogen-bond donors (Lipinski definition) is 1. The van der Waals surface area contributed by atoms with Crippen LogP contribution in [0, 0.1) is 6.42 Å². The Morgan fingerprint density at radius 3 is 2.73 bits per heavy atom. The standard InChI is InChI=1S/C10H14N/c1-2-4-9-5-3-6-10(7-9)8-11/h2-3,5-7H,4,8,11H2,1H3. The summed E-state index contributed by atoms with van der Waals surface area (Å²) in [5.41, 5.74) is 8.06. The van der Waals surface area contributed by atoms with Crippen molar-refractivity contribution in [1.29, 1.82) is 0 Å². The van der Waals surface area contributed by atoms with E-state index in [1.54, 1.807) is 0 Å². The summed E-state index contributed by atoms with van der Waals surface area (Å²) in [5.74, 6) is 0. The van der Waals surface area contributed by atoms with Crippen LogP contribution in [0.1, 0.15) is 18.1 Å². The molecule has 0 aromatic heterocycles. The zero-order valence-electron chi connectivity index (χ0n) is 6.88. The highest BCUT2D eigenvalue weighted by molar-refractivity contribution is 5.24. The molecule has 0 aliphatic heterocycles. The Labute approximate surface area is 68.2 Å². The highest BCUT2D eigenvalue weighted by Crippen LogP contribution is 2.05. The number of rotatable bonds is 3. The van der Waals surface area contributed by atoms with Gasteiger partial charge in [-0.15, -0.1) is 0 Å². The lowest BCUT2D eigenvalue weighted by molar-refractivity contribution is 1.05. The van der Waals surface area contributed by atoms with Crippen LogP contribution >= 0.6 is 0 Å². The van der Waals surface area contributed by atoms with Gasteiger partial charge in [0.15, 0.2) is 0 Å². The molecule has 0 aliphatic carbocycles. The first-order valence-corrected chi connectivity index (χ1v) is 3.92. The molecular weight excluding hydrogens is 134 g/mol. The van der Waals surface area contributed by atoms with Gasteiger partial charge in [-0.05, 0) is 24.0 Å². The van der Waals surface area contributed by atoms with Crippen LogP contribution < -0.4 is 5.73 Å². The predicted molar refractivity (Wildman–Crippen MR) is 48.0 cm³/mol. The summed E-state index contributed by atoms with van der Waals surface area (Å²) in [4.78, 5) is 0. The van der Waals surface area contributed by atoms with E-state index in [1.165, 1.54) is 11.1 Å². The quantitative estimate of drug-likeness (QED) is 0.696. The van der Waals surface area contributed by atoms with Crippen LogP contribution in [0.15, 0.2) is 24.3 Å². The summed E-state index contributed by atoms with van der Waals surface area (Å²) in [6, 6.07) is 8.39. The van der Waals surface area contributed by atoms with Crippen LogP contribution in [0.3, 0.4) is 0 Å². The third-order valence-corrected chi connectivity index (χ3v) is 1.67. The molecule has 0 atom stereocenters. The molecule has 11 heavy (non-hydrogen) atoms. The second kappa shape index (κ2) is 4.14. The molecule has 0 saturated carbocycles. The molecule has 1 heteroatoms. The minimum absolute atomic E-state index is 0.636. The van der Waals surface area contributed by atoms with Gasteiger partial charge in [-0.25, -0.2) is 0 Å². The average Bonchev–Trinajstić information content (AvgIpc) is 2.06. The van der Waals surface area contributed by atoms with Crippen molar-refractivity contribution in [1.82, 2.24) is 0 Å². The summed E-state index contributed by atoms with van der Waals surface area (Å²) >= 11 is 0. The zero-order chi connectivity index (χ0) is 8.10. The Morgan fingerprint density at radius 1 is 1.36 bits per heavy atom. The van der Waals surface area contributed by atoms with Crippen LogP contribution in [0.4, 0.5) is 0 Å². The minimum Gasteiger partial charge on any atom is -0.326 e. The van der Waals surface area contributed by atoms with Gasteiger partial charge in [0.05, 0.1) is 0 Å². The lowest BCUT2D eigenvalue weighted by atomic mass is 10.1. The number of nitrogens with two attached hydrogens (primary N) is 1. The molecule has 0 unspecified atom stereocenters. The molecule has 0 aliphatic rings. The van der Waals surface area contributed by atoms with Gasteiger partial charge < -0.3 is 5.73 Å². The summed E-state index contributed by atoms with van der Waals surface area (Å²) < 4.78 is 0. The number of hydrogen-bond acceptors (Lipinski definition) is 1. The van der Waals surface area contributed by atoms with Crippen molar-refractivity contribution in [3.05, 3.63) is 41.8 Å². The highest BCUT2D eigenvalue weighted by Gasteiger charge is 1.92. The van der Waals surface area contributed by atoms with Crippen LogP contribution in [-0.4, -0.2) is 0 Å². The van der Waals surface area contributed by atoms with Crippen LogP contribution in [-0.2, 0) is 13.0 Å². The third-order valence-electron chi connectivity index (χ3n) is 1.67. The minimum atomic E-state index is 0.636. The van der Waals surface area contributed by atoms with E-state index in [-0.39, 0.29) is 0 Å². The van der Waals surface area contributed by atoms with Gasteiger partial charge in [0.1, 0.15) is 0 Å². The van der Waals surface area contributed by atoms with Gasteiger partial charge >= 0.3 is 0 Å². The van der Waals surface area contributed by atoms with Crippen LogP contribution in [0.2, 0.25) is 0 Å². The topological polar surface area (TPSA) is 26.0 Å². The zero-order valence-corrected chi connectivity index (χ0v) is 6.88. The largest absolute Gasteiger partial charge is 0.326 e. The molecule has 0 heterocycles. The van der Waals surface area contributed by atoms with E-state index in [0.717, 1.165) is 6.42 Å². The lowest BCUT2D eigenvalue weighted by Gasteiger charge is -2.00. The molecule has 0 fully saturated rings. The van der Waals surface area contributed by atoms with Crippen LogP contribution in [0.25, 0.3) is 0 Å².